The van der Waals surface area contributed by atoms with Gasteiger partial charge in [0, 0.05) is 33.5 Å². The lowest BCUT2D eigenvalue weighted by Crippen LogP contribution is -2.33. The standard InChI is InChI=1S/C12H25NO3/c1-11(10-13-6-3-7-14-2)16-12-4-8-15-9-5-12/h11-13H,3-10H2,1-2H3. The van der Waals surface area contributed by atoms with E-state index in [1.165, 1.54) is 0 Å². The van der Waals surface area contributed by atoms with Gasteiger partial charge in [0.05, 0.1) is 12.2 Å². The zero-order chi connectivity index (χ0) is 11.6. The lowest BCUT2D eigenvalue weighted by atomic mass is 10.1. The van der Waals surface area contributed by atoms with Crippen LogP contribution in [0.2, 0.25) is 0 Å². The molecular formula is C12H25NO3. The fourth-order valence-electron chi connectivity index (χ4n) is 1.84. The Morgan fingerprint density at radius 3 is 2.81 bits per heavy atom. The minimum Gasteiger partial charge on any atom is -0.385 e. The summed E-state index contributed by atoms with van der Waals surface area (Å²) in [6.07, 6.45) is 3.80. The minimum absolute atomic E-state index is 0.283. The van der Waals surface area contributed by atoms with E-state index >= 15 is 0 Å². The van der Waals surface area contributed by atoms with Gasteiger partial charge < -0.3 is 19.5 Å². The number of nitrogens with one attached hydrogen (secondary N) is 1. The summed E-state index contributed by atoms with van der Waals surface area (Å²) >= 11 is 0. The Morgan fingerprint density at radius 2 is 2.12 bits per heavy atom. The monoisotopic (exact) mass is 231 g/mol. The van der Waals surface area contributed by atoms with Crippen LogP contribution in [-0.2, 0) is 14.2 Å². The lowest BCUT2D eigenvalue weighted by molar-refractivity contribution is -0.0612. The number of ether oxygens (including phenoxy) is 3. The first-order chi connectivity index (χ1) is 7.83. The van der Waals surface area contributed by atoms with Gasteiger partial charge in [-0.3, -0.25) is 0 Å². The average molecular weight is 231 g/mol. The SMILES string of the molecule is COCCCNCC(C)OC1CCOCC1. The largest absolute Gasteiger partial charge is 0.385 e. The summed E-state index contributed by atoms with van der Waals surface area (Å²) in [5.74, 6) is 0. The van der Waals surface area contributed by atoms with Crippen LogP contribution in [0.3, 0.4) is 0 Å². The Labute approximate surface area is 98.6 Å². The second-order valence-corrected chi connectivity index (χ2v) is 4.31. The fraction of sp³-hybridized carbons (Fsp3) is 1.00. The predicted molar refractivity (Wildman–Crippen MR) is 63.8 cm³/mol. The molecule has 1 unspecified atom stereocenters. The number of hydrogen-bond acceptors (Lipinski definition) is 4. The third-order valence-corrected chi connectivity index (χ3v) is 2.73. The molecule has 1 N–H and O–H groups in total. The molecule has 1 aliphatic heterocycles. The molecule has 1 rings (SSSR count). The van der Waals surface area contributed by atoms with Gasteiger partial charge >= 0.3 is 0 Å². The van der Waals surface area contributed by atoms with Gasteiger partial charge in [0.15, 0.2) is 0 Å². The summed E-state index contributed by atoms with van der Waals surface area (Å²) < 4.78 is 16.2. The number of rotatable bonds is 8. The Balaban J connectivity index is 1.95. The van der Waals surface area contributed by atoms with Crippen molar-refractivity contribution >= 4 is 0 Å². The molecule has 16 heavy (non-hydrogen) atoms. The summed E-state index contributed by atoms with van der Waals surface area (Å²) in [4.78, 5) is 0. The molecule has 1 aliphatic rings. The molecule has 4 nitrogen and oxygen atoms in total. The maximum absolute atomic E-state index is 5.92. The van der Waals surface area contributed by atoms with Gasteiger partial charge in [0.1, 0.15) is 0 Å². The smallest absolute Gasteiger partial charge is 0.0675 e. The van der Waals surface area contributed by atoms with Crippen LogP contribution in [0.5, 0.6) is 0 Å². The number of methoxy groups -OCH3 is 1. The van der Waals surface area contributed by atoms with Gasteiger partial charge in [-0.1, -0.05) is 0 Å². The maximum atomic E-state index is 5.92. The van der Waals surface area contributed by atoms with E-state index in [4.69, 9.17) is 14.2 Å². The highest BCUT2D eigenvalue weighted by molar-refractivity contribution is 4.66. The minimum atomic E-state index is 0.283. The second kappa shape index (κ2) is 8.93. The third-order valence-electron chi connectivity index (χ3n) is 2.73. The Kier molecular flexibility index (Phi) is 7.76. The first kappa shape index (κ1) is 13.9. The fourth-order valence-corrected chi connectivity index (χ4v) is 1.84. The van der Waals surface area contributed by atoms with Gasteiger partial charge in [-0.15, -0.1) is 0 Å². The van der Waals surface area contributed by atoms with Crippen LogP contribution in [0.15, 0.2) is 0 Å². The highest BCUT2D eigenvalue weighted by atomic mass is 16.5. The van der Waals surface area contributed by atoms with Crippen LogP contribution in [0.1, 0.15) is 26.2 Å². The van der Waals surface area contributed by atoms with Crippen LogP contribution in [0.25, 0.3) is 0 Å². The Morgan fingerprint density at radius 1 is 1.38 bits per heavy atom. The van der Waals surface area contributed by atoms with E-state index in [0.717, 1.165) is 52.2 Å². The summed E-state index contributed by atoms with van der Waals surface area (Å²) in [6.45, 7) is 6.55. The van der Waals surface area contributed by atoms with Crippen LogP contribution < -0.4 is 5.32 Å². The molecule has 4 heteroatoms. The summed E-state index contributed by atoms with van der Waals surface area (Å²) in [7, 11) is 1.73. The molecule has 1 atom stereocenters. The summed E-state index contributed by atoms with van der Waals surface area (Å²) in [5, 5.41) is 3.37. The van der Waals surface area contributed by atoms with Crippen molar-refractivity contribution in [1.29, 1.82) is 0 Å². The third kappa shape index (κ3) is 6.43. The van der Waals surface area contributed by atoms with Crippen molar-refractivity contribution in [2.45, 2.75) is 38.4 Å². The first-order valence-electron chi connectivity index (χ1n) is 6.25. The van der Waals surface area contributed by atoms with Crippen LogP contribution >= 0.6 is 0 Å². The molecule has 1 saturated heterocycles. The molecule has 0 radical (unpaired) electrons. The van der Waals surface area contributed by atoms with E-state index in [9.17, 15) is 0 Å². The molecule has 1 fully saturated rings. The van der Waals surface area contributed by atoms with E-state index in [-0.39, 0.29) is 6.10 Å². The number of hydrogen-bond donors (Lipinski definition) is 1. The lowest BCUT2D eigenvalue weighted by Gasteiger charge is -2.26. The van der Waals surface area contributed by atoms with E-state index < -0.39 is 0 Å². The molecule has 96 valence electrons. The Hall–Kier alpha value is -0.160. The molecule has 0 aliphatic carbocycles. The molecule has 1 heterocycles. The van der Waals surface area contributed by atoms with Crippen molar-refractivity contribution in [3.8, 4) is 0 Å². The van der Waals surface area contributed by atoms with Crippen LogP contribution in [-0.4, -0.2) is 52.2 Å². The van der Waals surface area contributed by atoms with Crippen molar-refractivity contribution in [3.63, 3.8) is 0 Å². The maximum Gasteiger partial charge on any atom is 0.0675 e. The average Bonchev–Trinajstić information content (AvgIpc) is 2.30. The van der Waals surface area contributed by atoms with Crippen molar-refractivity contribution in [2.24, 2.45) is 0 Å². The molecule has 0 amide bonds. The molecule has 0 saturated carbocycles. The van der Waals surface area contributed by atoms with Crippen molar-refractivity contribution in [3.05, 3.63) is 0 Å². The van der Waals surface area contributed by atoms with E-state index in [0.29, 0.717) is 6.10 Å². The van der Waals surface area contributed by atoms with Crippen LogP contribution in [0, 0.1) is 0 Å². The zero-order valence-corrected chi connectivity index (χ0v) is 10.5. The summed E-state index contributed by atoms with van der Waals surface area (Å²) in [5.41, 5.74) is 0. The van der Waals surface area contributed by atoms with Gasteiger partial charge in [0.25, 0.3) is 0 Å². The topological polar surface area (TPSA) is 39.7 Å². The van der Waals surface area contributed by atoms with Crippen LogP contribution in [0.4, 0.5) is 0 Å². The second-order valence-electron chi connectivity index (χ2n) is 4.31. The molecule has 0 bridgehead atoms. The predicted octanol–water partition coefficient (Wildman–Crippen LogP) is 1.20. The normalized spacial score (nSPS) is 19.9. The van der Waals surface area contributed by atoms with Gasteiger partial charge in [0.2, 0.25) is 0 Å². The van der Waals surface area contributed by atoms with Gasteiger partial charge in [-0.05, 0) is 32.7 Å². The van der Waals surface area contributed by atoms with E-state index in [1.54, 1.807) is 7.11 Å². The zero-order valence-electron chi connectivity index (χ0n) is 10.5. The van der Waals surface area contributed by atoms with Crippen molar-refractivity contribution in [2.75, 3.05) is 40.0 Å². The molecular weight excluding hydrogens is 206 g/mol. The quantitative estimate of drug-likeness (QED) is 0.637. The van der Waals surface area contributed by atoms with E-state index in [1.807, 2.05) is 0 Å². The molecule has 0 aromatic carbocycles. The molecule has 0 aromatic rings. The molecule has 0 spiro atoms. The van der Waals surface area contributed by atoms with Crippen molar-refractivity contribution < 1.29 is 14.2 Å². The highest BCUT2D eigenvalue weighted by Gasteiger charge is 2.16. The van der Waals surface area contributed by atoms with Gasteiger partial charge in [-0.25, -0.2) is 0 Å². The summed E-state index contributed by atoms with van der Waals surface area (Å²) in [6, 6.07) is 0. The molecule has 0 aromatic heterocycles. The Bertz CT molecular complexity index is 160. The van der Waals surface area contributed by atoms with Crippen molar-refractivity contribution in [1.82, 2.24) is 5.32 Å². The first-order valence-corrected chi connectivity index (χ1v) is 6.25. The van der Waals surface area contributed by atoms with Gasteiger partial charge in [-0.2, -0.15) is 0 Å². The highest BCUT2D eigenvalue weighted by Crippen LogP contribution is 2.12. The van der Waals surface area contributed by atoms with E-state index in [2.05, 4.69) is 12.2 Å².